The fraction of sp³-hybridized carbons (Fsp3) is 0.500. The number of nitrogens with one attached hydrogen (secondary N) is 1. The molecule has 1 amide bonds. The van der Waals surface area contributed by atoms with Crippen LogP contribution < -0.4 is 5.32 Å². The van der Waals surface area contributed by atoms with E-state index in [0.29, 0.717) is 24.9 Å². The second kappa shape index (κ2) is 6.93. The molecule has 1 aromatic carbocycles. The summed E-state index contributed by atoms with van der Waals surface area (Å²) in [5.74, 6) is 0.763. The van der Waals surface area contributed by atoms with Gasteiger partial charge in [-0.2, -0.15) is 4.98 Å². The van der Waals surface area contributed by atoms with E-state index in [1.54, 1.807) is 0 Å². The van der Waals surface area contributed by atoms with Gasteiger partial charge in [-0.05, 0) is 45.5 Å². The van der Waals surface area contributed by atoms with Crippen LogP contribution in [0.1, 0.15) is 42.8 Å². The molecule has 1 aliphatic heterocycles. The Morgan fingerprint density at radius 3 is 2.88 bits per heavy atom. The number of aromatic nitrogens is 2. The van der Waals surface area contributed by atoms with Crippen LogP contribution in [0.4, 0.5) is 0 Å². The number of hydrogen-bond acceptors (Lipinski definition) is 6. The first-order chi connectivity index (χ1) is 11.9. The summed E-state index contributed by atoms with van der Waals surface area (Å²) in [7, 11) is 3.85. The first-order valence-electron chi connectivity index (χ1n) is 8.36. The van der Waals surface area contributed by atoms with Crippen LogP contribution in [0.2, 0.25) is 0 Å². The molecule has 0 spiro atoms. The van der Waals surface area contributed by atoms with Crippen molar-refractivity contribution in [1.82, 2.24) is 20.4 Å². The third kappa shape index (κ3) is 3.88. The maximum atomic E-state index is 12.8. The molecule has 134 valence electrons. The number of carbonyl (C=O) groups excluding carboxylic acids is 1. The van der Waals surface area contributed by atoms with Crippen LogP contribution in [0.3, 0.4) is 0 Å². The van der Waals surface area contributed by atoms with Gasteiger partial charge in [0, 0.05) is 0 Å². The number of fused-ring (bicyclic) bond motifs is 1. The fourth-order valence-electron chi connectivity index (χ4n) is 2.88. The Hall–Kier alpha value is -2.25. The van der Waals surface area contributed by atoms with Gasteiger partial charge in [-0.25, -0.2) is 0 Å². The van der Waals surface area contributed by atoms with Crippen LogP contribution in [0.15, 0.2) is 28.8 Å². The van der Waals surface area contributed by atoms with Gasteiger partial charge in [0.2, 0.25) is 5.89 Å². The lowest BCUT2D eigenvalue weighted by molar-refractivity contribution is -0.136. The highest BCUT2D eigenvalue weighted by atomic mass is 16.5. The largest absolute Gasteiger partial charge is 0.363 e. The van der Waals surface area contributed by atoms with E-state index in [1.807, 2.05) is 57.1 Å². The zero-order valence-corrected chi connectivity index (χ0v) is 15.1. The van der Waals surface area contributed by atoms with Crippen LogP contribution >= 0.6 is 0 Å². The number of amides is 1. The second-order valence-electron chi connectivity index (χ2n) is 7.06. The minimum Gasteiger partial charge on any atom is -0.363 e. The summed E-state index contributed by atoms with van der Waals surface area (Å²) in [6.45, 7) is 4.79. The maximum absolute atomic E-state index is 12.8. The number of benzene rings is 1. The summed E-state index contributed by atoms with van der Waals surface area (Å²) in [6.07, 6.45) is 0.208. The first kappa shape index (κ1) is 17.6. The molecular formula is C18H24N4O3. The molecule has 1 atom stereocenters. The van der Waals surface area contributed by atoms with Gasteiger partial charge in [0.15, 0.2) is 11.9 Å². The number of nitrogens with zero attached hydrogens (tertiary/aromatic N) is 3. The Bertz CT molecular complexity index is 754. The molecule has 1 unspecified atom stereocenters. The van der Waals surface area contributed by atoms with Gasteiger partial charge < -0.3 is 19.5 Å². The molecule has 7 nitrogen and oxygen atoms in total. The van der Waals surface area contributed by atoms with Gasteiger partial charge >= 0.3 is 0 Å². The molecule has 0 fully saturated rings. The average molecular weight is 344 g/mol. The second-order valence-corrected chi connectivity index (χ2v) is 7.06. The molecule has 0 saturated carbocycles. The van der Waals surface area contributed by atoms with Crippen molar-refractivity contribution < 1.29 is 14.1 Å². The van der Waals surface area contributed by atoms with E-state index in [0.717, 1.165) is 17.5 Å². The van der Waals surface area contributed by atoms with Crippen LogP contribution in [-0.2, 0) is 28.0 Å². The molecule has 0 aliphatic carbocycles. The van der Waals surface area contributed by atoms with Crippen molar-refractivity contribution in [2.45, 2.75) is 38.5 Å². The molecule has 0 bridgehead atoms. The van der Waals surface area contributed by atoms with E-state index >= 15 is 0 Å². The lowest BCUT2D eigenvalue weighted by Crippen LogP contribution is -2.45. The highest BCUT2D eigenvalue weighted by molar-refractivity contribution is 5.83. The minimum absolute atomic E-state index is 0.198. The summed E-state index contributed by atoms with van der Waals surface area (Å²) in [4.78, 5) is 19.1. The Morgan fingerprint density at radius 2 is 2.12 bits per heavy atom. The van der Waals surface area contributed by atoms with Crippen molar-refractivity contribution in [3.05, 3.63) is 47.1 Å². The summed E-state index contributed by atoms with van der Waals surface area (Å²) in [6, 6.07) is 7.88. The monoisotopic (exact) mass is 344 g/mol. The molecule has 1 aromatic heterocycles. The Morgan fingerprint density at radius 1 is 1.36 bits per heavy atom. The van der Waals surface area contributed by atoms with Gasteiger partial charge in [-0.15, -0.1) is 0 Å². The number of carbonyl (C=O) groups is 1. The third-order valence-electron chi connectivity index (χ3n) is 4.15. The molecule has 3 rings (SSSR count). The molecule has 0 saturated heterocycles. The van der Waals surface area contributed by atoms with Gasteiger partial charge in [-0.1, -0.05) is 29.4 Å². The van der Waals surface area contributed by atoms with Crippen molar-refractivity contribution in [2.75, 3.05) is 20.7 Å². The molecule has 2 heterocycles. The standard InChI is InChI=1S/C18H24N4O3/c1-18(2,17-19-14(25-21-17)11-22(3)4)20-16(23)15-13-8-6-5-7-12(13)9-10-24-15/h5-8,15H,9-11H2,1-4H3,(H,20,23). The van der Waals surface area contributed by atoms with Crippen LogP contribution in [0.5, 0.6) is 0 Å². The van der Waals surface area contributed by atoms with Crippen molar-refractivity contribution in [1.29, 1.82) is 0 Å². The molecule has 25 heavy (non-hydrogen) atoms. The summed E-state index contributed by atoms with van der Waals surface area (Å²) in [5.41, 5.74) is 1.31. The number of rotatable bonds is 5. The molecule has 1 aliphatic rings. The predicted octanol–water partition coefficient (Wildman–Crippen LogP) is 1.80. The smallest absolute Gasteiger partial charge is 0.254 e. The number of hydrogen-bond donors (Lipinski definition) is 1. The molecule has 2 aromatic rings. The topological polar surface area (TPSA) is 80.5 Å². The minimum atomic E-state index is -0.763. The molecular weight excluding hydrogens is 320 g/mol. The molecule has 0 radical (unpaired) electrons. The Labute approximate surface area is 147 Å². The average Bonchev–Trinajstić information content (AvgIpc) is 3.02. The fourth-order valence-corrected chi connectivity index (χ4v) is 2.88. The summed E-state index contributed by atoms with van der Waals surface area (Å²) >= 11 is 0. The van der Waals surface area contributed by atoms with Crippen molar-refractivity contribution >= 4 is 5.91 Å². The van der Waals surface area contributed by atoms with Gasteiger partial charge in [-0.3, -0.25) is 4.79 Å². The summed E-state index contributed by atoms with van der Waals surface area (Å²) in [5, 5.41) is 7.00. The Balaban J connectivity index is 1.75. The van der Waals surface area contributed by atoms with Crippen LogP contribution in [-0.4, -0.2) is 41.6 Å². The Kier molecular flexibility index (Phi) is 4.87. The van der Waals surface area contributed by atoms with Gasteiger partial charge in [0.1, 0.15) is 0 Å². The highest BCUT2D eigenvalue weighted by Gasteiger charge is 2.34. The predicted molar refractivity (Wildman–Crippen MR) is 91.7 cm³/mol. The SMILES string of the molecule is CN(C)Cc1nc(C(C)(C)NC(=O)C2OCCc3ccccc32)no1. The van der Waals surface area contributed by atoms with E-state index in [4.69, 9.17) is 9.26 Å². The van der Waals surface area contributed by atoms with Gasteiger partial charge in [0.25, 0.3) is 5.91 Å². The first-order valence-corrected chi connectivity index (χ1v) is 8.36. The number of ether oxygens (including phenoxy) is 1. The highest BCUT2D eigenvalue weighted by Crippen LogP contribution is 2.28. The summed E-state index contributed by atoms with van der Waals surface area (Å²) < 4.78 is 11.0. The van der Waals surface area contributed by atoms with E-state index in [2.05, 4.69) is 15.5 Å². The van der Waals surface area contributed by atoms with E-state index < -0.39 is 11.6 Å². The molecule has 1 N–H and O–H groups in total. The third-order valence-corrected chi connectivity index (χ3v) is 4.15. The van der Waals surface area contributed by atoms with Crippen LogP contribution in [0, 0.1) is 0 Å². The lowest BCUT2D eigenvalue weighted by Gasteiger charge is -2.29. The van der Waals surface area contributed by atoms with Crippen molar-refractivity contribution in [2.24, 2.45) is 0 Å². The van der Waals surface area contributed by atoms with E-state index in [9.17, 15) is 4.79 Å². The van der Waals surface area contributed by atoms with Crippen molar-refractivity contribution in [3.63, 3.8) is 0 Å². The normalized spacial score (nSPS) is 17.4. The van der Waals surface area contributed by atoms with Crippen molar-refractivity contribution in [3.8, 4) is 0 Å². The van der Waals surface area contributed by atoms with E-state index in [-0.39, 0.29) is 5.91 Å². The quantitative estimate of drug-likeness (QED) is 0.891. The lowest BCUT2D eigenvalue weighted by atomic mass is 9.96. The maximum Gasteiger partial charge on any atom is 0.254 e. The molecule has 7 heteroatoms. The van der Waals surface area contributed by atoms with Crippen LogP contribution in [0.25, 0.3) is 0 Å². The van der Waals surface area contributed by atoms with E-state index in [1.165, 1.54) is 0 Å². The zero-order chi connectivity index (χ0) is 18.0. The zero-order valence-electron chi connectivity index (χ0n) is 15.1. The van der Waals surface area contributed by atoms with Gasteiger partial charge in [0.05, 0.1) is 18.7 Å².